The highest BCUT2D eigenvalue weighted by Gasteiger charge is 2.05. The summed E-state index contributed by atoms with van der Waals surface area (Å²) in [5.41, 5.74) is 5.71. The number of carbonyl (C=O) groups excluding carboxylic acids is 2. The Labute approximate surface area is 105 Å². The number of halogens is 1. The number of amides is 2. The Balaban J connectivity index is 0.00000256. The zero-order valence-electron chi connectivity index (χ0n) is 9.40. The van der Waals surface area contributed by atoms with Crippen LogP contribution in [0.4, 0.5) is 5.82 Å². The molecular weight excluding hydrogens is 244 g/mol. The van der Waals surface area contributed by atoms with Gasteiger partial charge in [-0.3, -0.25) is 9.59 Å². The molecule has 1 heterocycles. The van der Waals surface area contributed by atoms with E-state index in [1.165, 1.54) is 6.92 Å². The minimum atomic E-state index is -0.308. The highest BCUT2D eigenvalue weighted by atomic mass is 35.5. The highest BCUT2D eigenvalue weighted by molar-refractivity contribution is 5.92. The lowest BCUT2D eigenvalue weighted by Crippen LogP contribution is -2.34. The molecule has 2 amide bonds. The Hall–Kier alpha value is -1.82. The van der Waals surface area contributed by atoms with E-state index in [2.05, 4.69) is 15.6 Å². The first-order valence-corrected chi connectivity index (χ1v) is 4.85. The SMILES string of the molecule is CC(=O)NCCNC(=O)c1cccc(N)n1.Cl. The van der Waals surface area contributed by atoms with Gasteiger partial charge in [0.15, 0.2) is 0 Å². The number of nitrogens with two attached hydrogens (primary N) is 1. The molecule has 0 radical (unpaired) electrons. The molecule has 7 heteroatoms. The number of nitrogens with zero attached hydrogens (tertiary/aromatic N) is 1. The minimum Gasteiger partial charge on any atom is -0.384 e. The van der Waals surface area contributed by atoms with Gasteiger partial charge in [-0.2, -0.15) is 0 Å². The van der Waals surface area contributed by atoms with Gasteiger partial charge in [-0.25, -0.2) is 4.98 Å². The van der Waals surface area contributed by atoms with Gasteiger partial charge in [-0.1, -0.05) is 6.07 Å². The van der Waals surface area contributed by atoms with Crippen molar-refractivity contribution >= 4 is 30.0 Å². The van der Waals surface area contributed by atoms with Gasteiger partial charge in [0.1, 0.15) is 11.5 Å². The monoisotopic (exact) mass is 258 g/mol. The zero-order valence-corrected chi connectivity index (χ0v) is 10.2. The van der Waals surface area contributed by atoms with Gasteiger partial charge in [0.05, 0.1) is 0 Å². The fraction of sp³-hybridized carbons (Fsp3) is 0.300. The molecule has 0 saturated heterocycles. The summed E-state index contributed by atoms with van der Waals surface area (Å²) < 4.78 is 0. The number of nitrogens with one attached hydrogen (secondary N) is 2. The highest BCUT2D eigenvalue weighted by Crippen LogP contribution is 1.99. The number of aromatic nitrogens is 1. The van der Waals surface area contributed by atoms with E-state index in [4.69, 9.17) is 5.73 Å². The number of rotatable bonds is 4. The molecule has 0 aliphatic carbocycles. The summed E-state index contributed by atoms with van der Waals surface area (Å²) in [5.74, 6) is -0.136. The molecule has 17 heavy (non-hydrogen) atoms. The van der Waals surface area contributed by atoms with Crippen LogP contribution >= 0.6 is 12.4 Å². The van der Waals surface area contributed by atoms with E-state index < -0.39 is 0 Å². The number of hydrogen-bond acceptors (Lipinski definition) is 4. The summed E-state index contributed by atoms with van der Waals surface area (Å²) in [6.07, 6.45) is 0. The van der Waals surface area contributed by atoms with Crippen LogP contribution < -0.4 is 16.4 Å². The standard InChI is InChI=1S/C10H14N4O2.ClH/c1-7(15)12-5-6-13-10(16)8-3-2-4-9(11)14-8;/h2-4H,5-6H2,1H3,(H2,11,14)(H,12,15)(H,13,16);1H. The number of nitrogen functional groups attached to an aromatic ring is 1. The average Bonchev–Trinajstić information content (AvgIpc) is 2.24. The van der Waals surface area contributed by atoms with Gasteiger partial charge >= 0.3 is 0 Å². The summed E-state index contributed by atoms with van der Waals surface area (Å²) in [6.45, 7) is 2.17. The van der Waals surface area contributed by atoms with Crippen molar-refractivity contribution < 1.29 is 9.59 Å². The van der Waals surface area contributed by atoms with Crippen molar-refractivity contribution in [2.24, 2.45) is 0 Å². The quantitative estimate of drug-likeness (QED) is 0.660. The molecule has 0 unspecified atom stereocenters. The largest absolute Gasteiger partial charge is 0.384 e. The van der Waals surface area contributed by atoms with Gasteiger partial charge in [-0.15, -0.1) is 12.4 Å². The van der Waals surface area contributed by atoms with Gasteiger partial charge in [0, 0.05) is 20.0 Å². The second-order valence-corrected chi connectivity index (χ2v) is 3.19. The maximum Gasteiger partial charge on any atom is 0.270 e. The molecule has 1 aromatic rings. The molecule has 0 atom stereocenters. The molecule has 6 nitrogen and oxygen atoms in total. The summed E-state index contributed by atoms with van der Waals surface area (Å²) in [7, 11) is 0. The van der Waals surface area contributed by atoms with Crippen LogP contribution in [0.25, 0.3) is 0 Å². The van der Waals surface area contributed by atoms with E-state index in [0.717, 1.165) is 0 Å². The Kier molecular flexibility index (Phi) is 6.65. The molecule has 0 aromatic carbocycles. The van der Waals surface area contributed by atoms with Crippen LogP contribution in [-0.2, 0) is 4.79 Å². The fourth-order valence-corrected chi connectivity index (χ4v) is 1.08. The lowest BCUT2D eigenvalue weighted by molar-refractivity contribution is -0.118. The normalized spacial score (nSPS) is 9.00. The predicted octanol–water partition coefficient (Wildman–Crippen LogP) is -0.0485. The first kappa shape index (κ1) is 15.2. The Morgan fingerprint density at radius 2 is 1.94 bits per heavy atom. The van der Waals surface area contributed by atoms with E-state index in [9.17, 15) is 9.59 Å². The molecule has 0 spiro atoms. The lowest BCUT2D eigenvalue weighted by Gasteiger charge is -2.05. The molecule has 0 aliphatic rings. The minimum absolute atomic E-state index is 0. The summed E-state index contributed by atoms with van der Waals surface area (Å²) >= 11 is 0. The fourth-order valence-electron chi connectivity index (χ4n) is 1.08. The lowest BCUT2D eigenvalue weighted by atomic mass is 10.3. The van der Waals surface area contributed by atoms with Gasteiger partial charge in [0.2, 0.25) is 5.91 Å². The Bertz CT molecular complexity index is 398. The topological polar surface area (TPSA) is 97.1 Å². The second kappa shape index (κ2) is 7.45. The molecule has 0 aliphatic heterocycles. The maximum atomic E-state index is 11.5. The van der Waals surface area contributed by atoms with E-state index in [1.807, 2.05) is 0 Å². The molecule has 94 valence electrons. The Morgan fingerprint density at radius 3 is 2.53 bits per heavy atom. The van der Waals surface area contributed by atoms with Gasteiger partial charge < -0.3 is 16.4 Å². The van der Waals surface area contributed by atoms with Crippen molar-refractivity contribution in [2.45, 2.75) is 6.92 Å². The van der Waals surface area contributed by atoms with Gasteiger partial charge in [0.25, 0.3) is 5.91 Å². The first-order chi connectivity index (χ1) is 7.59. The maximum absolute atomic E-state index is 11.5. The van der Waals surface area contributed by atoms with E-state index in [-0.39, 0.29) is 29.9 Å². The molecule has 0 fully saturated rings. The predicted molar refractivity (Wildman–Crippen MR) is 66.9 cm³/mol. The number of anilines is 1. The molecule has 1 rings (SSSR count). The van der Waals surface area contributed by atoms with Crippen molar-refractivity contribution in [3.05, 3.63) is 23.9 Å². The summed E-state index contributed by atoms with van der Waals surface area (Å²) in [5, 5.41) is 5.17. The van der Waals surface area contributed by atoms with Crippen LogP contribution in [0.2, 0.25) is 0 Å². The zero-order chi connectivity index (χ0) is 12.0. The van der Waals surface area contributed by atoms with Crippen molar-refractivity contribution in [2.75, 3.05) is 18.8 Å². The van der Waals surface area contributed by atoms with Crippen molar-refractivity contribution in [3.8, 4) is 0 Å². The second-order valence-electron chi connectivity index (χ2n) is 3.19. The smallest absolute Gasteiger partial charge is 0.270 e. The van der Waals surface area contributed by atoms with Gasteiger partial charge in [-0.05, 0) is 12.1 Å². The van der Waals surface area contributed by atoms with E-state index in [1.54, 1.807) is 18.2 Å². The molecule has 0 saturated carbocycles. The van der Waals surface area contributed by atoms with Crippen LogP contribution in [0.15, 0.2) is 18.2 Å². The Morgan fingerprint density at radius 1 is 1.29 bits per heavy atom. The third-order valence-electron chi connectivity index (χ3n) is 1.79. The van der Waals surface area contributed by atoms with Crippen LogP contribution in [-0.4, -0.2) is 29.9 Å². The third-order valence-corrected chi connectivity index (χ3v) is 1.79. The molecule has 4 N–H and O–H groups in total. The average molecular weight is 259 g/mol. The molecule has 1 aromatic heterocycles. The third kappa shape index (κ3) is 5.72. The summed E-state index contributed by atoms with van der Waals surface area (Å²) in [6, 6.07) is 4.84. The van der Waals surface area contributed by atoms with E-state index >= 15 is 0 Å². The van der Waals surface area contributed by atoms with Crippen molar-refractivity contribution in [1.82, 2.24) is 15.6 Å². The van der Waals surface area contributed by atoms with Crippen LogP contribution in [0.5, 0.6) is 0 Å². The van der Waals surface area contributed by atoms with Crippen LogP contribution in [0.1, 0.15) is 17.4 Å². The van der Waals surface area contributed by atoms with Crippen molar-refractivity contribution in [3.63, 3.8) is 0 Å². The number of pyridine rings is 1. The first-order valence-electron chi connectivity index (χ1n) is 4.85. The molecule has 0 bridgehead atoms. The summed E-state index contributed by atoms with van der Waals surface area (Å²) in [4.78, 5) is 25.9. The van der Waals surface area contributed by atoms with E-state index in [0.29, 0.717) is 18.9 Å². The molecular formula is C10H15ClN4O2. The van der Waals surface area contributed by atoms with Crippen LogP contribution in [0, 0.1) is 0 Å². The number of hydrogen-bond donors (Lipinski definition) is 3. The van der Waals surface area contributed by atoms with Crippen molar-refractivity contribution in [1.29, 1.82) is 0 Å². The number of carbonyl (C=O) groups is 2. The van der Waals surface area contributed by atoms with Crippen LogP contribution in [0.3, 0.4) is 0 Å².